The molecule has 0 heterocycles. The second-order valence-corrected chi connectivity index (χ2v) is 4.43. The molecule has 0 aliphatic rings. The summed E-state index contributed by atoms with van der Waals surface area (Å²) in [5, 5.41) is 3.76. The van der Waals surface area contributed by atoms with Gasteiger partial charge in [-0.3, -0.25) is 0 Å². The van der Waals surface area contributed by atoms with Gasteiger partial charge in [0.05, 0.1) is 0 Å². The zero-order chi connectivity index (χ0) is 12.8. The molecule has 0 fully saturated rings. The topological polar surface area (TPSA) is 21.3 Å². The van der Waals surface area contributed by atoms with E-state index in [0.29, 0.717) is 23.4 Å². The van der Waals surface area contributed by atoms with Crippen LogP contribution in [-0.2, 0) is 6.54 Å². The molecule has 1 aromatic rings. The molecule has 96 valence electrons. The number of benzene rings is 1. The molecule has 0 unspecified atom stereocenters. The summed E-state index contributed by atoms with van der Waals surface area (Å²) in [7, 11) is 0. The fraction of sp³-hybridized carbons (Fsp3) is 0.500. The van der Waals surface area contributed by atoms with E-state index in [1.165, 1.54) is 0 Å². The maximum Gasteiger partial charge on any atom is 0.272 e. The molecular weight excluding hydrogens is 248 g/mol. The van der Waals surface area contributed by atoms with Crippen LogP contribution in [0.2, 0.25) is 5.02 Å². The van der Waals surface area contributed by atoms with Crippen molar-refractivity contribution in [3.05, 3.63) is 28.8 Å². The van der Waals surface area contributed by atoms with Crippen molar-refractivity contribution in [2.45, 2.75) is 32.9 Å². The van der Waals surface area contributed by atoms with Crippen molar-refractivity contribution < 1.29 is 13.5 Å². The molecule has 0 radical (unpaired) electrons. The Balaban J connectivity index is 2.72. The fourth-order valence-electron chi connectivity index (χ4n) is 1.29. The van der Waals surface area contributed by atoms with Gasteiger partial charge in [0.1, 0.15) is 12.4 Å². The third-order valence-corrected chi connectivity index (χ3v) is 2.32. The first kappa shape index (κ1) is 14.2. The summed E-state index contributed by atoms with van der Waals surface area (Å²) in [6.45, 7) is 3.95. The molecule has 0 aliphatic carbocycles. The Hall–Kier alpha value is -0.870. The van der Waals surface area contributed by atoms with Gasteiger partial charge >= 0.3 is 0 Å². The third kappa shape index (κ3) is 5.33. The van der Waals surface area contributed by atoms with E-state index < -0.39 is 13.0 Å². The maximum atomic E-state index is 12.1. The molecule has 1 rings (SSSR count). The number of nitrogens with one attached hydrogen (secondary N) is 1. The summed E-state index contributed by atoms with van der Waals surface area (Å²) in [6, 6.07) is 5.26. The Morgan fingerprint density at radius 2 is 2.06 bits per heavy atom. The van der Waals surface area contributed by atoms with Gasteiger partial charge in [-0.15, -0.1) is 0 Å². The van der Waals surface area contributed by atoms with Crippen molar-refractivity contribution in [1.82, 2.24) is 5.32 Å². The Bertz CT molecular complexity index is 358. The number of halogens is 3. The lowest BCUT2D eigenvalue weighted by molar-refractivity contribution is 0.0813. The monoisotopic (exact) mass is 263 g/mol. The molecule has 0 spiro atoms. The maximum absolute atomic E-state index is 12.1. The largest absolute Gasteiger partial charge is 0.487 e. The predicted molar refractivity (Wildman–Crippen MR) is 64.9 cm³/mol. The van der Waals surface area contributed by atoms with Gasteiger partial charge in [0, 0.05) is 23.2 Å². The SMILES string of the molecule is CC(C)NCc1cc(Cl)ccc1OCC(F)F. The van der Waals surface area contributed by atoms with E-state index in [-0.39, 0.29) is 0 Å². The van der Waals surface area contributed by atoms with Crippen LogP contribution in [0.15, 0.2) is 18.2 Å². The summed E-state index contributed by atoms with van der Waals surface area (Å²) in [5.74, 6) is 0.447. The highest BCUT2D eigenvalue weighted by molar-refractivity contribution is 6.30. The lowest BCUT2D eigenvalue weighted by atomic mass is 10.2. The van der Waals surface area contributed by atoms with Crippen LogP contribution in [0.4, 0.5) is 8.78 Å². The van der Waals surface area contributed by atoms with Crippen molar-refractivity contribution >= 4 is 11.6 Å². The summed E-state index contributed by atoms with van der Waals surface area (Å²) in [6.07, 6.45) is -2.48. The van der Waals surface area contributed by atoms with E-state index in [0.717, 1.165) is 5.56 Å². The summed E-state index contributed by atoms with van der Waals surface area (Å²) < 4.78 is 29.2. The van der Waals surface area contributed by atoms with Crippen LogP contribution in [0, 0.1) is 0 Å². The third-order valence-electron chi connectivity index (χ3n) is 2.09. The Morgan fingerprint density at radius 3 is 2.65 bits per heavy atom. The molecule has 0 saturated carbocycles. The van der Waals surface area contributed by atoms with E-state index in [1.807, 2.05) is 13.8 Å². The Morgan fingerprint density at radius 1 is 1.35 bits per heavy atom. The van der Waals surface area contributed by atoms with Gasteiger partial charge < -0.3 is 10.1 Å². The molecule has 5 heteroatoms. The zero-order valence-electron chi connectivity index (χ0n) is 9.84. The van der Waals surface area contributed by atoms with Gasteiger partial charge in [0.2, 0.25) is 0 Å². The normalized spacial score (nSPS) is 11.2. The summed E-state index contributed by atoms with van der Waals surface area (Å²) in [4.78, 5) is 0. The highest BCUT2D eigenvalue weighted by Gasteiger charge is 2.09. The molecule has 2 nitrogen and oxygen atoms in total. The van der Waals surface area contributed by atoms with Crippen LogP contribution in [0.1, 0.15) is 19.4 Å². The number of rotatable bonds is 6. The fourth-order valence-corrected chi connectivity index (χ4v) is 1.49. The van der Waals surface area contributed by atoms with Crippen molar-refractivity contribution in [2.24, 2.45) is 0 Å². The molecule has 0 bridgehead atoms. The van der Waals surface area contributed by atoms with Crippen LogP contribution in [0.5, 0.6) is 5.75 Å². The lowest BCUT2D eigenvalue weighted by Crippen LogP contribution is -2.22. The van der Waals surface area contributed by atoms with Crippen LogP contribution in [0.3, 0.4) is 0 Å². The molecule has 0 atom stereocenters. The molecule has 0 amide bonds. The van der Waals surface area contributed by atoms with Crippen molar-refractivity contribution in [1.29, 1.82) is 0 Å². The van der Waals surface area contributed by atoms with Gasteiger partial charge in [0.25, 0.3) is 6.43 Å². The number of alkyl halides is 2. The zero-order valence-corrected chi connectivity index (χ0v) is 10.6. The van der Waals surface area contributed by atoms with Gasteiger partial charge in [0.15, 0.2) is 0 Å². The average Bonchev–Trinajstić information content (AvgIpc) is 2.24. The van der Waals surface area contributed by atoms with Gasteiger partial charge in [-0.25, -0.2) is 8.78 Å². The van der Waals surface area contributed by atoms with E-state index in [2.05, 4.69) is 5.32 Å². The van der Waals surface area contributed by atoms with E-state index in [9.17, 15) is 8.78 Å². The molecule has 0 saturated heterocycles. The smallest absolute Gasteiger partial charge is 0.272 e. The number of hydrogen-bond acceptors (Lipinski definition) is 2. The van der Waals surface area contributed by atoms with Crippen molar-refractivity contribution in [2.75, 3.05) is 6.61 Å². The quantitative estimate of drug-likeness (QED) is 0.848. The van der Waals surface area contributed by atoms with Gasteiger partial charge in [-0.1, -0.05) is 25.4 Å². The van der Waals surface area contributed by atoms with E-state index in [4.69, 9.17) is 16.3 Å². The minimum atomic E-state index is -2.48. The van der Waals surface area contributed by atoms with Gasteiger partial charge in [-0.2, -0.15) is 0 Å². The van der Waals surface area contributed by atoms with Crippen LogP contribution in [-0.4, -0.2) is 19.1 Å². The molecule has 0 aromatic heterocycles. The first-order valence-corrected chi connectivity index (χ1v) is 5.79. The first-order valence-electron chi connectivity index (χ1n) is 5.41. The highest BCUT2D eigenvalue weighted by atomic mass is 35.5. The molecular formula is C12H16ClF2NO. The number of ether oxygens (including phenoxy) is 1. The lowest BCUT2D eigenvalue weighted by Gasteiger charge is -2.14. The van der Waals surface area contributed by atoms with Gasteiger partial charge in [-0.05, 0) is 18.2 Å². The first-order chi connectivity index (χ1) is 7.99. The molecule has 0 aliphatic heterocycles. The van der Waals surface area contributed by atoms with Crippen molar-refractivity contribution in [3.63, 3.8) is 0 Å². The molecule has 17 heavy (non-hydrogen) atoms. The molecule has 1 aromatic carbocycles. The summed E-state index contributed by atoms with van der Waals surface area (Å²) >= 11 is 5.86. The Kier molecular flexibility index (Phi) is 5.65. The minimum absolute atomic E-state index is 0.303. The van der Waals surface area contributed by atoms with Crippen LogP contribution < -0.4 is 10.1 Å². The van der Waals surface area contributed by atoms with E-state index >= 15 is 0 Å². The van der Waals surface area contributed by atoms with Crippen molar-refractivity contribution in [3.8, 4) is 5.75 Å². The minimum Gasteiger partial charge on any atom is -0.487 e. The predicted octanol–water partition coefficient (Wildman–Crippen LogP) is 3.48. The Labute approximate surface area is 105 Å². The van der Waals surface area contributed by atoms with E-state index in [1.54, 1.807) is 18.2 Å². The second-order valence-electron chi connectivity index (χ2n) is 3.99. The highest BCUT2D eigenvalue weighted by Crippen LogP contribution is 2.23. The standard InChI is InChI=1S/C12H16ClF2NO/c1-8(2)16-6-9-5-10(13)3-4-11(9)17-7-12(14)15/h3-5,8,12,16H,6-7H2,1-2H3. The number of hydrogen-bond donors (Lipinski definition) is 1. The second kappa shape index (κ2) is 6.77. The summed E-state index contributed by atoms with van der Waals surface area (Å²) in [5.41, 5.74) is 0.784. The molecule has 1 N–H and O–H groups in total. The van der Waals surface area contributed by atoms with Crippen LogP contribution in [0.25, 0.3) is 0 Å². The average molecular weight is 264 g/mol. The van der Waals surface area contributed by atoms with Crippen LogP contribution >= 0.6 is 11.6 Å².